The molecule has 0 radical (unpaired) electrons. The molecule has 1 aromatic heterocycles. The Hall–Kier alpha value is -2.87. The van der Waals surface area contributed by atoms with E-state index in [1.54, 1.807) is 12.4 Å². The van der Waals surface area contributed by atoms with Crippen LogP contribution < -0.4 is 10.6 Å². The van der Waals surface area contributed by atoms with Gasteiger partial charge in [-0.05, 0) is 41.5 Å². The molecule has 0 bridgehead atoms. The van der Waals surface area contributed by atoms with Crippen LogP contribution >= 0.6 is 12.6 Å². The number of hydrogen-bond donors (Lipinski definition) is 4. The third-order valence-corrected chi connectivity index (χ3v) is 6.98. The quantitative estimate of drug-likeness (QED) is 0.422. The maximum absolute atomic E-state index is 13.2. The first-order chi connectivity index (χ1) is 15.7. The van der Waals surface area contributed by atoms with E-state index in [0.717, 1.165) is 29.5 Å². The number of rotatable bonds is 9. The van der Waals surface area contributed by atoms with Gasteiger partial charge in [0.1, 0.15) is 11.6 Å². The van der Waals surface area contributed by atoms with Crippen molar-refractivity contribution in [1.82, 2.24) is 15.6 Å². The number of amides is 2. The third kappa shape index (κ3) is 6.13. The fourth-order valence-electron chi connectivity index (χ4n) is 4.10. The van der Waals surface area contributed by atoms with Gasteiger partial charge in [-0.3, -0.25) is 14.6 Å². The summed E-state index contributed by atoms with van der Waals surface area (Å²) in [4.78, 5) is 41.9. The second-order valence-corrected chi connectivity index (χ2v) is 9.53. The molecule has 1 aliphatic rings. The van der Waals surface area contributed by atoms with Crippen LogP contribution in [0.2, 0.25) is 0 Å². The molecule has 2 atom stereocenters. The summed E-state index contributed by atoms with van der Waals surface area (Å²) in [6.07, 6.45) is 6.15. The molecule has 1 unspecified atom stereocenters. The van der Waals surface area contributed by atoms with Crippen molar-refractivity contribution in [2.24, 2.45) is 5.92 Å². The van der Waals surface area contributed by atoms with Crippen molar-refractivity contribution in [1.29, 1.82) is 0 Å². The van der Waals surface area contributed by atoms with Gasteiger partial charge in [-0.2, -0.15) is 12.6 Å². The summed E-state index contributed by atoms with van der Waals surface area (Å²) < 4.78 is 0. The van der Waals surface area contributed by atoms with Crippen LogP contribution in [0.3, 0.4) is 0 Å². The van der Waals surface area contributed by atoms with E-state index in [9.17, 15) is 19.5 Å². The Bertz CT molecular complexity index is 973. The van der Waals surface area contributed by atoms with Gasteiger partial charge in [0.15, 0.2) is 0 Å². The first kappa shape index (κ1) is 24.8. The normalized spacial score (nSPS) is 16.7. The number of benzene rings is 1. The summed E-state index contributed by atoms with van der Waals surface area (Å²) in [7, 11) is 0. The first-order valence-corrected chi connectivity index (χ1v) is 11.8. The third-order valence-electron chi connectivity index (χ3n) is 6.15. The molecule has 8 heteroatoms. The predicted octanol–water partition coefficient (Wildman–Crippen LogP) is 3.24. The number of carboxylic acid groups (broad SMARTS) is 1. The van der Waals surface area contributed by atoms with Gasteiger partial charge in [0.25, 0.3) is 0 Å². The van der Waals surface area contributed by atoms with E-state index < -0.39 is 28.7 Å². The number of nitrogens with one attached hydrogen (secondary N) is 2. The van der Waals surface area contributed by atoms with E-state index in [0.29, 0.717) is 12.8 Å². The number of carboxylic acids is 1. The van der Waals surface area contributed by atoms with E-state index >= 15 is 0 Å². The molecule has 3 N–H and O–H groups in total. The molecule has 3 rings (SSSR count). The van der Waals surface area contributed by atoms with Crippen molar-refractivity contribution in [2.75, 3.05) is 0 Å². The summed E-state index contributed by atoms with van der Waals surface area (Å²) in [6, 6.07) is 10.2. The highest BCUT2D eigenvalue weighted by molar-refractivity contribution is 7.81. The monoisotopic (exact) mass is 469 g/mol. The molecule has 33 heavy (non-hydrogen) atoms. The minimum absolute atomic E-state index is 0.0104. The Kier molecular flexibility index (Phi) is 8.13. The van der Waals surface area contributed by atoms with Crippen molar-refractivity contribution in [3.8, 4) is 11.1 Å². The topological polar surface area (TPSA) is 108 Å². The van der Waals surface area contributed by atoms with Gasteiger partial charge >= 0.3 is 5.97 Å². The smallest absolute Gasteiger partial charge is 0.326 e. The lowest BCUT2D eigenvalue weighted by atomic mass is 9.94. The summed E-state index contributed by atoms with van der Waals surface area (Å²) in [5, 5.41) is 14.8. The van der Waals surface area contributed by atoms with Crippen LogP contribution in [0.15, 0.2) is 48.8 Å². The largest absolute Gasteiger partial charge is 0.480 e. The molecule has 2 amide bonds. The van der Waals surface area contributed by atoms with E-state index in [4.69, 9.17) is 0 Å². The minimum atomic E-state index is -1.12. The standard InChI is InChI=1S/C25H31N3O4S/c1-16(2)21(33)22(29)28-25(11-3-4-12-25)24(32)27-20(23(30)31)14-17-7-9-18(10-8-17)19-6-5-13-26-15-19/h5-10,13,15-16,20-21,33H,3-4,11-12,14H2,1-2H3,(H,27,32)(H,28,29)(H,30,31)/t20?,21-/m0/s1. The highest BCUT2D eigenvalue weighted by atomic mass is 32.1. The SMILES string of the molecule is CC(C)[C@H](S)C(=O)NC1(C(=O)NC(Cc2ccc(-c3cccnc3)cc2)C(=O)O)CCCC1. The zero-order valence-electron chi connectivity index (χ0n) is 19.0. The maximum atomic E-state index is 13.2. The number of nitrogens with zero attached hydrogens (tertiary/aromatic N) is 1. The average Bonchev–Trinajstić information content (AvgIpc) is 3.28. The maximum Gasteiger partial charge on any atom is 0.326 e. The Balaban J connectivity index is 1.71. The van der Waals surface area contributed by atoms with Crippen molar-refractivity contribution >= 4 is 30.4 Å². The Labute approximate surface area is 199 Å². The van der Waals surface area contributed by atoms with E-state index in [2.05, 4.69) is 28.2 Å². The number of thiol groups is 1. The minimum Gasteiger partial charge on any atom is -0.480 e. The highest BCUT2D eigenvalue weighted by Gasteiger charge is 2.44. The van der Waals surface area contributed by atoms with Gasteiger partial charge in [0.2, 0.25) is 11.8 Å². The fraction of sp³-hybridized carbons (Fsp3) is 0.440. The van der Waals surface area contributed by atoms with Crippen LogP contribution in [-0.2, 0) is 20.8 Å². The van der Waals surface area contributed by atoms with Gasteiger partial charge in [-0.15, -0.1) is 0 Å². The van der Waals surface area contributed by atoms with E-state index in [1.807, 2.05) is 50.2 Å². The zero-order chi connectivity index (χ0) is 24.0. The molecular formula is C25H31N3O4S. The van der Waals surface area contributed by atoms with Crippen LogP contribution in [0.4, 0.5) is 0 Å². The van der Waals surface area contributed by atoms with Gasteiger partial charge in [0.05, 0.1) is 5.25 Å². The second kappa shape index (κ2) is 10.8. The van der Waals surface area contributed by atoms with Crippen molar-refractivity contribution in [2.45, 2.75) is 62.8 Å². The molecule has 0 spiro atoms. The summed E-state index contributed by atoms with van der Waals surface area (Å²) in [5.41, 5.74) is 1.64. The second-order valence-electron chi connectivity index (χ2n) is 8.97. The van der Waals surface area contributed by atoms with Crippen molar-refractivity contribution in [3.63, 3.8) is 0 Å². The Morgan fingerprint density at radius 1 is 1.09 bits per heavy atom. The molecule has 176 valence electrons. The lowest BCUT2D eigenvalue weighted by molar-refractivity contribution is -0.143. The number of pyridine rings is 1. The average molecular weight is 470 g/mol. The molecule has 1 aliphatic carbocycles. The molecule has 0 saturated heterocycles. The number of aliphatic carboxylic acids is 1. The van der Waals surface area contributed by atoms with E-state index in [-0.39, 0.29) is 18.2 Å². The van der Waals surface area contributed by atoms with Crippen LogP contribution in [0.5, 0.6) is 0 Å². The van der Waals surface area contributed by atoms with Crippen molar-refractivity contribution in [3.05, 3.63) is 54.4 Å². The molecule has 1 saturated carbocycles. The fourth-order valence-corrected chi connectivity index (χ4v) is 4.16. The molecule has 1 heterocycles. The van der Waals surface area contributed by atoms with Gasteiger partial charge < -0.3 is 15.7 Å². The van der Waals surface area contributed by atoms with Gasteiger partial charge in [-0.25, -0.2) is 4.79 Å². The zero-order valence-corrected chi connectivity index (χ0v) is 19.8. The molecular weight excluding hydrogens is 438 g/mol. The predicted molar refractivity (Wildman–Crippen MR) is 130 cm³/mol. The summed E-state index contributed by atoms with van der Waals surface area (Å²) >= 11 is 4.36. The molecule has 1 aromatic carbocycles. The molecule has 7 nitrogen and oxygen atoms in total. The number of hydrogen-bond acceptors (Lipinski definition) is 5. The van der Waals surface area contributed by atoms with Gasteiger partial charge in [-0.1, -0.05) is 57.0 Å². The summed E-state index contributed by atoms with van der Waals surface area (Å²) in [6.45, 7) is 3.78. The number of aromatic nitrogens is 1. The highest BCUT2D eigenvalue weighted by Crippen LogP contribution is 2.31. The first-order valence-electron chi connectivity index (χ1n) is 11.2. The number of carbonyl (C=O) groups is 3. The van der Waals surface area contributed by atoms with Crippen LogP contribution in [0.25, 0.3) is 11.1 Å². The van der Waals surface area contributed by atoms with E-state index in [1.165, 1.54) is 0 Å². The lowest BCUT2D eigenvalue weighted by Crippen LogP contribution is -2.61. The molecule has 0 aliphatic heterocycles. The van der Waals surface area contributed by atoms with Crippen LogP contribution in [0.1, 0.15) is 45.1 Å². The summed E-state index contributed by atoms with van der Waals surface area (Å²) in [5.74, 6) is -1.86. The molecule has 1 fully saturated rings. The Morgan fingerprint density at radius 2 is 1.76 bits per heavy atom. The van der Waals surface area contributed by atoms with Crippen LogP contribution in [0, 0.1) is 5.92 Å². The van der Waals surface area contributed by atoms with Crippen molar-refractivity contribution < 1.29 is 19.5 Å². The Morgan fingerprint density at radius 3 is 2.30 bits per heavy atom. The van der Waals surface area contributed by atoms with Crippen LogP contribution in [-0.4, -0.2) is 44.7 Å². The molecule has 2 aromatic rings. The lowest BCUT2D eigenvalue weighted by Gasteiger charge is -2.32. The van der Waals surface area contributed by atoms with Gasteiger partial charge in [0, 0.05) is 18.8 Å². The number of carbonyl (C=O) groups excluding carboxylic acids is 2.